The highest BCUT2D eigenvalue weighted by Crippen LogP contribution is 1.97. The van der Waals surface area contributed by atoms with Gasteiger partial charge in [-0.3, -0.25) is 0 Å². The third-order valence-corrected chi connectivity index (χ3v) is 1.01. The summed E-state index contributed by atoms with van der Waals surface area (Å²) in [4.78, 5) is 0. The Morgan fingerprint density at radius 3 is 1.75 bits per heavy atom. The lowest BCUT2D eigenvalue weighted by Crippen LogP contribution is -1.67. The second-order valence-corrected chi connectivity index (χ2v) is 2.19. The molecule has 0 nitrogen and oxygen atoms in total. The Labute approximate surface area is 78.7 Å². The van der Waals surface area contributed by atoms with Crippen LogP contribution in [0.2, 0.25) is 0 Å². The maximum Gasteiger partial charge on any atom is -0.0353 e. The van der Waals surface area contributed by atoms with E-state index in [-0.39, 0.29) is 0 Å². The molecular formula is C12H24. The van der Waals surface area contributed by atoms with Crippen molar-refractivity contribution in [3.05, 3.63) is 38.5 Å². The predicted molar refractivity (Wildman–Crippen MR) is 61.5 cm³/mol. The van der Waals surface area contributed by atoms with Crippen LogP contribution < -0.4 is 0 Å². The summed E-state index contributed by atoms with van der Waals surface area (Å²) in [6.07, 6.45) is 8.91. The second-order valence-electron chi connectivity index (χ2n) is 2.19. The van der Waals surface area contributed by atoms with Gasteiger partial charge < -0.3 is 0 Å². The van der Waals surface area contributed by atoms with Crippen LogP contribution >= 0.6 is 0 Å². The monoisotopic (exact) mass is 168 g/mol. The first-order chi connectivity index (χ1) is 5.83. The van der Waals surface area contributed by atoms with Gasteiger partial charge in [0.2, 0.25) is 0 Å². The summed E-state index contributed by atoms with van der Waals surface area (Å²) in [7, 11) is 0. The van der Waals surface area contributed by atoms with Crippen molar-refractivity contribution in [2.75, 3.05) is 0 Å². The SMILES string of the molecule is C=C.C=CC.C=CCCCCC. The molecule has 0 saturated carbocycles. The van der Waals surface area contributed by atoms with Crippen molar-refractivity contribution in [1.29, 1.82) is 0 Å². The summed E-state index contributed by atoms with van der Waals surface area (Å²) in [5.74, 6) is 0. The lowest BCUT2D eigenvalue weighted by Gasteiger charge is -1.87. The van der Waals surface area contributed by atoms with E-state index in [0.29, 0.717) is 0 Å². The maximum atomic E-state index is 3.63. The van der Waals surface area contributed by atoms with Crippen molar-refractivity contribution in [1.82, 2.24) is 0 Å². The summed E-state index contributed by atoms with van der Waals surface area (Å²) in [6, 6.07) is 0. The van der Waals surface area contributed by atoms with E-state index in [1.165, 1.54) is 25.7 Å². The molecule has 0 bridgehead atoms. The minimum Gasteiger partial charge on any atom is -0.106 e. The Morgan fingerprint density at radius 1 is 1.08 bits per heavy atom. The number of allylic oxidation sites excluding steroid dienone is 2. The van der Waals surface area contributed by atoms with Gasteiger partial charge in [0.15, 0.2) is 0 Å². The van der Waals surface area contributed by atoms with E-state index in [9.17, 15) is 0 Å². The highest BCUT2D eigenvalue weighted by atomic mass is 13.8. The molecule has 0 aromatic heterocycles. The Bertz CT molecular complexity index is 72.1. The van der Waals surface area contributed by atoms with Gasteiger partial charge in [-0.2, -0.15) is 0 Å². The molecule has 0 rings (SSSR count). The van der Waals surface area contributed by atoms with Gasteiger partial charge in [-0.15, -0.1) is 26.3 Å². The van der Waals surface area contributed by atoms with Crippen molar-refractivity contribution in [3.8, 4) is 0 Å². The molecule has 0 aliphatic carbocycles. The lowest BCUT2D eigenvalue weighted by atomic mass is 10.2. The zero-order valence-corrected chi connectivity index (χ0v) is 8.81. The van der Waals surface area contributed by atoms with E-state index in [0.717, 1.165) is 0 Å². The van der Waals surface area contributed by atoms with Crippen LogP contribution in [0.3, 0.4) is 0 Å². The summed E-state index contributed by atoms with van der Waals surface area (Å²) in [6.45, 7) is 17.1. The van der Waals surface area contributed by atoms with Gasteiger partial charge in [-0.05, 0) is 19.8 Å². The lowest BCUT2D eigenvalue weighted by molar-refractivity contribution is 0.730. The minimum atomic E-state index is 1.19. The first-order valence-corrected chi connectivity index (χ1v) is 4.51. The standard InChI is InChI=1S/C7H14.C3H6.C2H4/c1-3-5-7-6-4-2;1-3-2;1-2/h3H,1,4-7H2,2H3;3H,1H2,2H3;1-2H2. The molecule has 0 saturated heterocycles. The third-order valence-electron chi connectivity index (χ3n) is 1.01. The van der Waals surface area contributed by atoms with Crippen molar-refractivity contribution in [2.24, 2.45) is 0 Å². The van der Waals surface area contributed by atoms with Gasteiger partial charge >= 0.3 is 0 Å². The van der Waals surface area contributed by atoms with Gasteiger partial charge in [0, 0.05) is 0 Å². The van der Waals surface area contributed by atoms with E-state index in [4.69, 9.17) is 0 Å². The van der Waals surface area contributed by atoms with E-state index in [1.807, 2.05) is 13.0 Å². The van der Waals surface area contributed by atoms with Crippen LogP contribution in [0.4, 0.5) is 0 Å². The van der Waals surface area contributed by atoms with Gasteiger partial charge in [-0.1, -0.05) is 31.9 Å². The molecule has 0 heterocycles. The van der Waals surface area contributed by atoms with Crippen LogP contribution in [0.15, 0.2) is 38.5 Å². The molecule has 0 aromatic carbocycles. The Balaban J connectivity index is -0.000000137. The molecule has 0 aliphatic heterocycles. The van der Waals surface area contributed by atoms with E-state index >= 15 is 0 Å². The summed E-state index contributed by atoms with van der Waals surface area (Å²) < 4.78 is 0. The minimum absolute atomic E-state index is 1.19. The molecule has 0 N–H and O–H groups in total. The normalized spacial score (nSPS) is 6.50. The van der Waals surface area contributed by atoms with Gasteiger partial charge in [0.25, 0.3) is 0 Å². The largest absolute Gasteiger partial charge is 0.106 e. The quantitative estimate of drug-likeness (QED) is 0.420. The van der Waals surface area contributed by atoms with E-state index in [1.54, 1.807) is 6.08 Å². The Kier molecular flexibility index (Phi) is 46.1. The van der Waals surface area contributed by atoms with Gasteiger partial charge in [-0.25, -0.2) is 0 Å². The number of rotatable bonds is 4. The fourth-order valence-corrected chi connectivity index (χ4v) is 0.539. The molecule has 0 radical (unpaired) electrons. The summed E-state index contributed by atoms with van der Waals surface area (Å²) in [5.41, 5.74) is 0. The van der Waals surface area contributed by atoms with E-state index in [2.05, 4.69) is 33.2 Å². The Morgan fingerprint density at radius 2 is 1.50 bits per heavy atom. The van der Waals surface area contributed by atoms with Crippen LogP contribution in [-0.4, -0.2) is 0 Å². The zero-order chi connectivity index (χ0) is 10.2. The molecule has 0 spiro atoms. The molecule has 72 valence electrons. The molecule has 0 aliphatic rings. The molecule has 0 unspecified atom stereocenters. The molecule has 0 amide bonds. The highest BCUT2D eigenvalue weighted by molar-refractivity contribution is 4.64. The first-order valence-electron chi connectivity index (χ1n) is 4.51. The molecule has 0 fully saturated rings. The van der Waals surface area contributed by atoms with Crippen molar-refractivity contribution in [2.45, 2.75) is 39.5 Å². The molecule has 0 atom stereocenters. The third kappa shape index (κ3) is 60.1. The summed E-state index contributed by atoms with van der Waals surface area (Å²) in [5, 5.41) is 0. The van der Waals surface area contributed by atoms with Crippen LogP contribution in [-0.2, 0) is 0 Å². The molecular weight excluding hydrogens is 144 g/mol. The average Bonchev–Trinajstić information content (AvgIpc) is 2.11. The topological polar surface area (TPSA) is 0 Å². The predicted octanol–water partition coefficient (Wildman–Crippen LogP) is 4.75. The molecule has 0 heteroatoms. The molecule has 0 aromatic rings. The van der Waals surface area contributed by atoms with E-state index < -0.39 is 0 Å². The van der Waals surface area contributed by atoms with Crippen LogP contribution in [0, 0.1) is 0 Å². The number of hydrogen-bond acceptors (Lipinski definition) is 0. The van der Waals surface area contributed by atoms with Crippen molar-refractivity contribution < 1.29 is 0 Å². The van der Waals surface area contributed by atoms with Gasteiger partial charge in [0.05, 0.1) is 0 Å². The number of hydrogen-bond donors (Lipinski definition) is 0. The second kappa shape index (κ2) is 31.9. The van der Waals surface area contributed by atoms with Crippen molar-refractivity contribution in [3.63, 3.8) is 0 Å². The maximum absolute atomic E-state index is 3.63. The smallest absolute Gasteiger partial charge is 0.0353 e. The summed E-state index contributed by atoms with van der Waals surface area (Å²) >= 11 is 0. The van der Waals surface area contributed by atoms with Crippen LogP contribution in [0.5, 0.6) is 0 Å². The molecule has 12 heavy (non-hydrogen) atoms. The fourth-order valence-electron chi connectivity index (χ4n) is 0.539. The average molecular weight is 168 g/mol. The van der Waals surface area contributed by atoms with Gasteiger partial charge in [0.1, 0.15) is 0 Å². The van der Waals surface area contributed by atoms with Crippen LogP contribution in [0.25, 0.3) is 0 Å². The first kappa shape index (κ1) is 17.3. The highest BCUT2D eigenvalue weighted by Gasteiger charge is 1.77. The van der Waals surface area contributed by atoms with Crippen molar-refractivity contribution >= 4 is 0 Å². The fraction of sp³-hybridized carbons (Fsp3) is 0.500. The zero-order valence-electron chi connectivity index (χ0n) is 8.81. The Hall–Kier alpha value is -0.780. The number of unbranched alkanes of at least 4 members (excludes halogenated alkanes) is 3. The van der Waals surface area contributed by atoms with Crippen LogP contribution in [0.1, 0.15) is 39.5 Å².